The Morgan fingerprint density at radius 3 is 2.83 bits per heavy atom. The lowest BCUT2D eigenvalue weighted by Crippen LogP contribution is -2.33. The van der Waals surface area contributed by atoms with E-state index in [0.29, 0.717) is 46.7 Å². The number of furan rings is 1. The number of fused-ring (bicyclic) bond motifs is 1. The molecule has 0 bridgehead atoms. The number of rotatable bonds is 7. The van der Waals surface area contributed by atoms with Gasteiger partial charge in [-0.15, -0.1) is 0 Å². The van der Waals surface area contributed by atoms with Crippen LogP contribution >= 0.6 is 0 Å². The van der Waals surface area contributed by atoms with Crippen molar-refractivity contribution in [2.75, 3.05) is 33.0 Å². The van der Waals surface area contributed by atoms with Gasteiger partial charge >= 0.3 is 0 Å². The van der Waals surface area contributed by atoms with Crippen molar-refractivity contribution in [2.24, 2.45) is 0 Å². The first-order valence-electron chi connectivity index (χ1n) is 11.6. The predicted octanol–water partition coefficient (Wildman–Crippen LogP) is 3.14. The third-order valence-electron chi connectivity index (χ3n) is 6.18. The number of likely N-dealkylation sites (tertiary alicyclic amines) is 1. The Kier molecular flexibility index (Phi) is 5.63. The van der Waals surface area contributed by atoms with Crippen molar-refractivity contribution in [1.82, 2.24) is 30.0 Å². The first kappa shape index (κ1) is 21.4. The molecule has 2 aliphatic heterocycles. The summed E-state index contributed by atoms with van der Waals surface area (Å²) in [6.45, 7) is 3.77. The van der Waals surface area contributed by atoms with Crippen molar-refractivity contribution in [3.63, 3.8) is 0 Å². The highest BCUT2D eigenvalue weighted by molar-refractivity contribution is 5.99. The number of aromatic nitrogens is 4. The molecule has 1 aromatic carbocycles. The highest BCUT2D eigenvalue weighted by Gasteiger charge is 2.24. The van der Waals surface area contributed by atoms with Crippen LogP contribution in [-0.2, 0) is 0 Å². The molecule has 5 heterocycles. The summed E-state index contributed by atoms with van der Waals surface area (Å²) >= 11 is 0. The van der Waals surface area contributed by atoms with Gasteiger partial charge in [-0.3, -0.25) is 4.79 Å². The van der Waals surface area contributed by atoms with Gasteiger partial charge in [0.05, 0.1) is 23.7 Å². The first-order chi connectivity index (χ1) is 17.3. The standard InChI is InChI=1S/C25H24N6O4/c32-24(26-9-12-30-10-1-2-11-30)18-15-28-31(23(18)21-4-3-13-33-21)25-27-8-7-19(29-25)17-5-6-20-22(14-17)35-16-34-20/h3-8,13-15H,1-2,9-12,16H2,(H,26,32). The Balaban J connectivity index is 1.30. The van der Waals surface area contributed by atoms with E-state index in [-0.39, 0.29) is 12.7 Å². The maximum atomic E-state index is 13.1. The lowest BCUT2D eigenvalue weighted by molar-refractivity contribution is 0.0950. The van der Waals surface area contributed by atoms with E-state index in [1.54, 1.807) is 24.6 Å². The lowest BCUT2D eigenvalue weighted by Gasteiger charge is -2.14. The zero-order valence-electron chi connectivity index (χ0n) is 19.0. The number of nitrogens with zero attached hydrogens (tertiary/aromatic N) is 5. The predicted molar refractivity (Wildman–Crippen MR) is 126 cm³/mol. The Morgan fingerprint density at radius 2 is 1.97 bits per heavy atom. The van der Waals surface area contributed by atoms with Crippen LogP contribution in [-0.4, -0.2) is 63.5 Å². The number of hydrogen-bond donors (Lipinski definition) is 1. The average Bonchev–Trinajstić information content (AvgIpc) is 3.69. The third kappa shape index (κ3) is 4.24. The summed E-state index contributed by atoms with van der Waals surface area (Å²) in [4.78, 5) is 24.6. The molecule has 1 fully saturated rings. The molecular formula is C25H24N6O4. The second-order valence-electron chi connectivity index (χ2n) is 8.41. The molecule has 0 radical (unpaired) electrons. The summed E-state index contributed by atoms with van der Waals surface area (Å²) in [6.07, 6.45) is 7.18. The van der Waals surface area contributed by atoms with Gasteiger partial charge in [0, 0.05) is 24.8 Å². The molecule has 178 valence electrons. The van der Waals surface area contributed by atoms with Crippen LogP contribution < -0.4 is 14.8 Å². The Hall–Kier alpha value is -4.18. The van der Waals surface area contributed by atoms with Gasteiger partial charge in [-0.2, -0.15) is 9.78 Å². The smallest absolute Gasteiger partial charge is 0.255 e. The molecule has 2 aliphatic rings. The van der Waals surface area contributed by atoms with Gasteiger partial charge in [0.25, 0.3) is 11.9 Å². The molecule has 0 saturated carbocycles. The zero-order valence-corrected chi connectivity index (χ0v) is 19.0. The molecule has 35 heavy (non-hydrogen) atoms. The summed E-state index contributed by atoms with van der Waals surface area (Å²) in [7, 11) is 0. The summed E-state index contributed by atoms with van der Waals surface area (Å²) in [5, 5.41) is 7.47. The molecule has 0 spiro atoms. The Bertz CT molecular complexity index is 1340. The summed E-state index contributed by atoms with van der Waals surface area (Å²) in [5.41, 5.74) is 2.44. The van der Waals surface area contributed by atoms with Crippen LogP contribution in [0.3, 0.4) is 0 Å². The van der Waals surface area contributed by atoms with Crippen molar-refractivity contribution < 1.29 is 18.7 Å². The molecule has 0 atom stereocenters. The minimum atomic E-state index is -0.214. The largest absolute Gasteiger partial charge is 0.463 e. The summed E-state index contributed by atoms with van der Waals surface area (Å²) in [5.74, 6) is 1.99. The SMILES string of the molecule is O=C(NCCN1CCCC1)c1cnn(-c2nccc(-c3ccc4c(c3)OCO4)n2)c1-c1ccco1. The van der Waals surface area contributed by atoms with Crippen LogP contribution in [0, 0.1) is 0 Å². The lowest BCUT2D eigenvalue weighted by atomic mass is 10.1. The molecule has 10 heteroatoms. The normalized spacial score (nSPS) is 15.0. The van der Waals surface area contributed by atoms with Gasteiger partial charge < -0.3 is 24.1 Å². The number of carbonyl (C=O) groups excluding carboxylic acids is 1. The molecule has 1 saturated heterocycles. The van der Waals surface area contributed by atoms with E-state index < -0.39 is 0 Å². The molecule has 0 unspecified atom stereocenters. The van der Waals surface area contributed by atoms with E-state index in [2.05, 4.69) is 20.3 Å². The second kappa shape index (κ2) is 9.22. The van der Waals surface area contributed by atoms with Crippen molar-refractivity contribution in [3.05, 3.63) is 60.6 Å². The van der Waals surface area contributed by atoms with E-state index in [0.717, 1.165) is 25.2 Å². The van der Waals surface area contributed by atoms with Gasteiger partial charge in [-0.1, -0.05) is 0 Å². The fourth-order valence-corrected chi connectivity index (χ4v) is 4.41. The van der Waals surface area contributed by atoms with Gasteiger partial charge in [0.2, 0.25) is 6.79 Å². The number of ether oxygens (including phenoxy) is 2. The zero-order chi connectivity index (χ0) is 23.6. The topological polar surface area (TPSA) is 108 Å². The van der Waals surface area contributed by atoms with Crippen molar-refractivity contribution in [2.45, 2.75) is 12.8 Å². The minimum Gasteiger partial charge on any atom is -0.463 e. The average molecular weight is 473 g/mol. The molecule has 1 N–H and O–H groups in total. The van der Waals surface area contributed by atoms with Crippen LogP contribution in [0.2, 0.25) is 0 Å². The molecule has 6 rings (SSSR count). The Morgan fingerprint density at radius 1 is 1.09 bits per heavy atom. The fraction of sp³-hybridized carbons (Fsp3) is 0.280. The number of benzene rings is 1. The van der Waals surface area contributed by atoms with Crippen molar-refractivity contribution in [3.8, 4) is 40.2 Å². The molecular weight excluding hydrogens is 448 g/mol. The fourth-order valence-electron chi connectivity index (χ4n) is 4.41. The summed E-state index contributed by atoms with van der Waals surface area (Å²) < 4.78 is 18.1. The number of nitrogens with one attached hydrogen (secondary N) is 1. The van der Waals surface area contributed by atoms with Gasteiger partial charge in [0.1, 0.15) is 5.69 Å². The highest BCUT2D eigenvalue weighted by atomic mass is 16.7. The maximum Gasteiger partial charge on any atom is 0.255 e. The van der Waals surface area contributed by atoms with Crippen LogP contribution in [0.4, 0.5) is 0 Å². The van der Waals surface area contributed by atoms with E-state index in [9.17, 15) is 4.79 Å². The Labute approximate surface area is 201 Å². The van der Waals surface area contributed by atoms with E-state index in [1.807, 2.05) is 24.3 Å². The monoisotopic (exact) mass is 472 g/mol. The van der Waals surface area contributed by atoms with Crippen molar-refractivity contribution >= 4 is 5.91 Å². The van der Waals surface area contributed by atoms with Gasteiger partial charge in [-0.25, -0.2) is 9.97 Å². The quantitative estimate of drug-likeness (QED) is 0.437. The van der Waals surface area contributed by atoms with E-state index in [4.69, 9.17) is 18.9 Å². The third-order valence-corrected chi connectivity index (χ3v) is 6.18. The molecule has 3 aromatic heterocycles. The molecule has 1 amide bonds. The maximum absolute atomic E-state index is 13.1. The van der Waals surface area contributed by atoms with Gasteiger partial charge in [0.15, 0.2) is 17.3 Å². The number of carbonyl (C=O) groups is 1. The van der Waals surface area contributed by atoms with Crippen LogP contribution in [0.5, 0.6) is 11.5 Å². The van der Waals surface area contributed by atoms with Crippen LogP contribution in [0.25, 0.3) is 28.7 Å². The highest BCUT2D eigenvalue weighted by Crippen LogP contribution is 2.35. The van der Waals surface area contributed by atoms with Crippen molar-refractivity contribution in [1.29, 1.82) is 0 Å². The van der Waals surface area contributed by atoms with Crippen LogP contribution in [0.1, 0.15) is 23.2 Å². The van der Waals surface area contributed by atoms with E-state index in [1.165, 1.54) is 23.7 Å². The minimum absolute atomic E-state index is 0.205. The van der Waals surface area contributed by atoms with Gasteiger partial charge in [-0.05, 0) is 62.3 Å². The first-order valence-corrected chi connectivity index (χ1v) is 11.6. The van der Waals surface area contributed by atoms with E-state index >= 15 is 0 Å². The number of hydrogen-bond acceptors (Lipinski definition) is 8. The summed E-state index contributed by atoms with van der Waals surface area (Å²) in [6, 6.07) is 11.0. The molecule has 4 aromatic rings. The van der Waals surface area contributed by atoms with Crippen LogP contribution in [0.15, 0.2) is 59.5 Å². The molecule has 0 aliphatic carbocycles. The number of amides is 1. The second-order valence-corrected chi connectivity index (χ2v) is 8.41. The molecule has 10 nitrogen and oxygen atoms in total.